The van der Waals surface area contributed by atoms with Gasteiger partial charge >= 0.3 is 0 Å². The second-order valence-corrected chi connectivity index (χ2v) is 6.54. The average molecular weight is 267 g/mol. The number of rotatable bonds is 2. The first-order valence-electron chi connectivity index (χ1n) is 6.91. The lowest BCUT2D eigenvalue weighted by Crippen LogP contribution is -2.24. The summed E-state index contributed by atoms with van der Waals surface area (Å²) in [6, 6.07) is 5.88. The highest BCUT2D eigenvalue weighted by atomic mass is 35.5. The summed E-state index contributed by atoms with van der Waals surface area (Å²) in [6.07, 6.45) is 3.22. The average Bonchev–Trinajstić information content (AvgIpc) is 2.30. The molecule has 3 unspecified atom stereocenters. The van der Waals surface area contributed by atoms with E-state index in [1.165, 1.54) is 6.42 Å². The van der Waals surface area contributed by atoms with Crippen LogP contribution in [0.3, 0.4) is 0 Å². The lowest BCUT2D eigenvalue weighted by molar-refractivity contribution is 0.0551. The van der Waals surface area contributed by atoms with E-state index >= 15 is 0 Å². The van der Waals surface area contributed by atoms with E-state index in [0.29, 0.717) is 5.92 Å². The van der Waals surface area contributed by atoms with Gasteiger partial charge in [-0.1, -0.05) is 37.6 Å². The van der Waals surface area contributed by atoms with Crippen molar-refractivity contribution in [2.45, 2.75) is 46.1 Å². The Morgan fingerprint density at radius 2 is 1.78 bits per heavy atom. The highest BCUT2D eigenvalue weighted by molar-refractivity contribution is 6.31. The van der Waals surface area contributed by atoms with Gasteiger partial charge in [-0.05, 0) is 61.1 Å². The molecule has 0 heterocycles. The number of halogens is 1. The predicted octanol–water partition coefficient (Wildman–Crippen LogP) is 4.75. The monoisotopic (exact) mass is 266 g/mol. The van der Waals surface area contributed by atoms with E-state index in [2.05, 4.69) is 13.8 Å². The largest absolute Gasteiger partial charge is 0.388 e. The van der Waals surface area contributed by atoms with Crippen LogP contribution in [0.4, 0.5) is 0 Å². The quantitative estimate of drug-likeness (QED) is 0.819. The molecule has 1 aliphatic carbocycles. The maximum Gasteiger partial charge on any atom is 0.0818 e. The summed E-state index contributed by atoms with van der Waals surface area (Å²) in [4.78, 5) is 0. The Morgan fingerprint density at radius 1 is 1.17 bits per heavy atom. The van der Waals surface area contributed by atoms with E-state index in [9.17, 15) is 5.11 Å². The topological polar surface area (TPSA) is 20.2 Å². The van der Waals surface area contributed by atoms with E-state index in [-0.39, 0.29) is 6.10 Å². The third-order valence-corrected chi connectivity index (χ3v) is 4.61. The van der Waals surface area contributed by atoms with Gasteiger partial charge in [0.2, 0.25) is 0 Å². The normalized spacial score (nSPS) is 30.2. The standard InChI is InChI=1S/C16H23ClO/c1-10-6-11(2)8-14(7-10)16(18)13-4-5-15(17)12(3)9-13/h4-5,9-11,14,16,18H,6-8H2,1-3H3. The highest BCUT2D eigenvalue weighted by Crippen LogP contribution is 2.40. The van der Waals surface area contributed by atoms with E-state index < -0.39 is 0 Å². The SMILES string of the molecule is Cc1cc(C(O)C2CC(C)CC(C)C2)ccc1Cl. The summed E-state index contributed by atoms with van der Waals surface area (Å²) in [6.45, 7) is 6.58. The van der Waals surface area contributed by atoms with E-state index in [1.807, 2.05) is 25.1 Å². The smallest absolute Gasteiger partial charge is 0.0818 e. The molecule has 0 saturated heterocycles. The zero-order valence-electron chi connectivity index (χ0n) is 11.5. The van der Waals surface area contributed by atoms with Crippen molar-refractivity contribution in [2.24, 2.45) is 17.8 Å². The van der Waals surface area contributed by atoms with E-state index in [0.717, 1.165) is 40.8 Å². The fraction of sp³-hybridized carbons (Fsp3) is 0.625. The van der Waals surface area contributed by atoms with Crippen molar-refractivity contribution in [3.8, 4) is 0 Å². The van der Waals surface area contributed by atoms with Crippen LogP contribution >= 0.6 is 11.6 Å². The zero-order chi connectivity index (χ0) is 13.3. The van der Waals surface area contributed by atoms with Gasteiger partial charge in [0.1, 0.15) is 0 Å². The van der Waals surface area contributed by atoms with Crippen molar-refractivity contribution in [3.05, 3.63) is 34.3 Å². The summed E-state index contributed by atoms with van der Waals surface area (Å²) in [5, 5.41) is 11.3. The molecule has 1 saturated carbocycles. The van der Waals surface area contributed by atoms with Gasteiger partial charge in [0.15, 0.2) is 0 Å². The molecule has 0 radical (unpaired) electrons. The molecular weight excluding hydrogens is 244 g/mol. The molecule has 100 valence electrons. The molecule has 2 heteroatoms. The molecule has 1 nitrogen and oxygen atoms in total. The Kier molecular flexibility index (Phi) is 4.34. The minimum atomic E-state index is -0.342. The summed E-state index contributed by atoms with van der Waals surface area (Å²) >= 11 is 6.04. The predicted molar refractivity (Wildman–Crippen MR) is 76.8 cm³/mol. The van der Waals surface area contributed by atoms with Crippen molar-refractivity contribution >= 4 is 11.6 Å². The first-order valence-corrected chi connectivity index (χ1v) is 7.29. The van der Waals surface area contributed by atoms with Gasteiger partial charge in [-0.15, -0.1) is 0 Å². The van der Waals surface area contributed by atoms with Crippen LogP contribution < -0.4 is 0 Å². The Hall–Kier alpha value is -0.530. The number of hydrogen-bond acceptors (Lipinski definition) is 1. The highest BCUT2D eigenvalue weighted by Gasteiger charge is 2.29. The van der Waals surface area contributed by atoms with Gasteiger partial charge < -0.3 is 5.11 Å². The van der Waals surface area contributed by atoms with Gasteiger partial charge in [-0.3, -0.25) is 0 Å². The maximum absolute atomic E-state index is 10.6. The third kappa shape index (κ3) is 3.07. The molecule has 0 amide bonds. The lowest BCUT2D eigenvalue weighted by Gasteiger charge is -2.34. The van der Waals surface area contributed by atoms with Crippen LogP contribution in [-0.2, 0) is 0 Å². The Labute approximate surface area is 115 Å². The lowest BCUT2D eigenvalue weighted by atomic mass is 9.73. The molecule has 0 aliphatic heterocycles. The van der Waals surface area contributed by atoms with Crippen LogP contribution in [0.25, 0.3) is 0 Å². The molecule has 1 fully saturated rings. The third-order valence-electron chi connectivity index (χ3n) is 4.19. The summed E-state index contributed by atoms with van der Waals surface area (Å²) in [5.74, 6) is 1.84. The second kappa shape index (κ2) is 5.63. The number of aliphatic hydroxyl groups is 1. The van der Waals surface area contributed by atoms with Gasteiger partial charge in [0, 0.05) is 5.02 Å². The molecule has 1 aromatic carbocycles. The first kappa shape index (κ1) is 13.9. The Bertz CT molecular complexity index is 406. The molecule has 1 N–H and O–H groups in total. The number of aryl methyl sites for hydroxylation is 1. The molecule has 1 aliphatic rings. The Balaban J connectivity index is 2.14. The maximum atomic E-state index is 10.6. The second-order valence-electron chi connectivity index (χ2n) is 6.13. The first-order chi connectivity index (χ1) is 8.47. The number of aliphatic hydroxyl groups excluding tert-OH is 1. The van der Waals surface area contributed by atoms with Crippen LogP contribution in [0.15, 0.2) is 18.2 Å². The summed E-state index contributed by atoms with van der Waals surface area (Å²) in [5.41, 5.74) is 2.06. The molecular formula is C16H23ClO. The fourth-order valence-corrected chi connectivity index (χ4v) is 3.51. The molecule has 0 bridgehead atoms. The minimum Gasteiger partial charge on any atom is -0.388 e. The fourth-order valence-electron chi connectivity index (χ4n) is 3.39. The zero-order valence-corrected chi connectivity index (χ0v) is 12.2. The van der Waals surface area contributed by atoms with Crippen LogP contribution in [0.5, 0.6) is 0 Å². The van der Waals surface area contributed by atoms with Gasteiger partial charge in [-0.25, -0.2) is 0 Å². The Morgan fingerprint density at radius 3 is 2.33 bits per heavy atom. The van der Waals surface area contributed by atoms with Gasteiger partial charge in [0.05, 0.1) is 6.10 Å². The van der Waals surface area contributed by atoms with Crippen molar-refractivity contribution in [2.75, 3.05) is 0 Å². The number of benzene rings is 1. The van der Waals surface area contributed by atoms with E-state index in [4.69, 9.17) is 11.6 Å². The molecule has 1 aromatic rings. The van der Waals surface area contributed by atoms with Crippen molar-refractivity contribution in [3.63, 3.8) is 0 Å². The molecule has 3 atom stereocenters. The molecule has 2 rings (SSSR count). The van der Waals surface area contributed by atoms with Gasteiger partial charge in [0.25, 0.3) is 0 Å². The molecule has 18 heavy (non-hydrogen) atoms. The van der Waals surface area contributed by atoms with Gasteiger partial charge in [-0.2, -0.15) is 0 Å². The van der Waals surface area contributed by atoms with Crippen LogP contribution in [0.1, 0.15) is 50.3 Å². The van der Waals surface area contributed by atoms with Crippen molar-refractivity contribution in [1.82, 2.24) is 0 Å². The van der Waals surface area contributed by atoms with Crippen LogP contribution in [0, 0.1) is 24.7 Å². The molecule has 0 spiro atoms. The molecule has 0 aromatic heterocycles. The van der Waals surface area contributed by atoms with Crippen LogP contribution in [-0.4, -0.2) is 5.11 Å². The summed E-state index contributed by atoms with van der Waals surface area (Å²) in [7, 11) is 0. The minimum absolute atomic E-state index is 0.342. The van der Waals surface area contributed by atoms with E-state index in [1.54, 1.807) is 0 Å². The summed E-state index contributed by atoms with van der Waals surface area (Å²) < 4.78 is 0. The number of hydrogen-bond donors (Lipinski definition) is 1. The van der Waals surface area contributed by atoms with Crippen molar-refractivity contribution < 1.29 is 5.11 Å². The van der Waals surface area contributed by atoms with Crippen molar-refractivity contribution in [1.29, 1.82) is 0 Å². The van der Waals surface area contributed by atoms with Crippen LogP contribution in [0.2, 0.25) is 5.02 Å².